The van der Waals surface area contributed by atoms with E-state index in [-0.39, 0.29) is 23.3 Å². The zero-order valence-corrected chi connectivity index (χ0v) is 11.6. The number of rotatable bonds is 4. The summed E-state index contributed by atoms with van der Waals surface area (Å²) in [4.78, 5) is 23.7. The van der Waals surface area contributed by atoms with E-state index in [0.717, 1.165) is 25.7 Å². The molecule has 0 aromatic rings. The Morgan fingerprint density at radius 3 is 2.22 bits per heavy atom. The molecule has 0 spiro atoms. The Morgan fingerprint density at radius 1 is 1.22 bits per heavy atom. The summed E-state index contributed by atoms with van der Waals surface area (Å²) >= 11 is 5.09. The number of thiocarbonyl (C=S) groups is 1. The van der Waals surface area contributed by atoms with Gasteiger partial charge >= 0.3 is 0 Å². The lowest BCUT2D eigenvalue weighted by atomic mass is 9.79. The van der Waals surface area contributed by atoms with Crippen molar-refractivity contribution in [1.82, 2.24) is 10.6 Å². The maximum absolute atomic E-state index is 12.3. The molecule has 0 aromatic carbocycles. The second kappa shape index (κ2) is 6.68. The van der Waals surface area contributed by atoms with Gasteiger partial charge in [0.1, 0.15) is 0 Å². The van der Waals surface area contributed by atoms with E-state index in [9.17, 15) is 9.59 Å². The summed E-state index contributed by atoms with van der Waals surface area (Å²) in [6, 6.07) is 0. The molecule has 4 N–H and O–H groups in total. The molecule has 18 heavy (non-hydrogen) atoms. The van der Waals surface area contributed by atoms with Gasteiger partial charge < -0.3 is 16.4 Å². The molecule has 1 fully saturated rings. The van der Waals surface area contributed by atoms with Crippen LogP contribution in [0.2, 0.25) is 0 Å². The van der Waals surface area contributed by atoms with Crippen LogP contribution in [0.25, 0.3) is 0 Å². The number of carbonyl (C=O) groups is 2. The van der Waals surface area contributed by atoms with Crippen LogP contribution in [0.4, 0.5) is 0 Å². The van der Waals surface area contributed by atoms with Gasteiger partial charge in [0.2, 0.25) is 11.8 Å². The first-order valence-corrected chi connectivity index (χ1v) is 6.72. The van der Waals surface area contributed by atoms with Gasteiger partial charge in [-0.1, -0.05) is 37.9 Å². The van der Waals surface area contributed by atoms with Crippen LogP contribution in [-0.2, 0) is 9.59 Å². The second-order valence-corrected chi connectivity index (χ2v) is 5.16. The lowest BCUT2D eigenvalue weighted by molar-refractivity contribution is -0.130. The fraction of sp³-hybridized carbons (Fsp3) is 0.750. The monoisotopic (exact) mass is 271 g/mol. The predicted molar refractivity (Wildman–Crippen MR) is 74.0 cm³/mol. The third-order valence-electron chi connectivity index (χ3n) is 3.55. The lowest BCUT2D eigenvalue weighted by Gasteiger charge is -2.30. The summed E-state index contributed by atoms with van der Waals surface area (Å²) in [7, 11) is 1.53. The summed E-state index contributed by atoms with van der Waals surface area (Å²) in [5, 5.41) is 5.09. The number of likely N-dealkylation sites (N-methyl/N-ethyl adjacent to an activating group) is 1. The highest BCUT2D eigenvalue weighted by Gasteiger charge is 2.41. The minimum absolute atomic E-state index is 0.0281. The zero-order chi connectivity index (χ0) is 13.6. The van der Waals surface area contributed by atoms with Crippen LogP contribution in [0, 0.1) is 5.41 Å². The Morgan fingerprint density at radius 2 is 1.78 bits per heavy atom. The van der Waals surface area contributed by atoms with E-state index in [1.54, 1.807) is 0 Å². The molecule has 2 amide bonds. The van der Waals surface area contributed by atoms with Gasteiger partial charge in [-0.15, -0.1) is 0 Å². The first-order valence-electron chi connectivity index (χ1n) is 6.32. The summed E-state index contributed by atoms with van der Waals surface area (Å²) in [5.74, 6) is -0.435. The van der Waals surface area contributed by atoms with Gasteiger partial charge in [-0.25, -0.2) is 0 Å². The third-order valence-corrected chi connectivity index (χ3v) is 3.94. The quantitative estimate of drug-likeness (QED) is 0.513. The highest BCUT2D eigenvalue weighted by molar-refractivity contribution is 7.80. The number of nitrogens with one attached hydrogen (secondary N) is 2. The van der Waals surface area contributed by atoms with Crippen molar-refractivity contribution in [3.05, 3.63) is 0 Å². The molecule has 5 nitrogen and oxygen atoms in total. The Labute approximate surface area is 113 Å². The second-order valence-electron chi connectivity index (χ2n) is 4.72. The Bertz CT molecular complexity index is 336. The molecule has 1 saturated carbocycles. The van der Waals surface area contributed by atoms with E-state index >= 15 is 0 Å². The van der Waals surface area contributed by atoms with Crippen molar-refractivity contribution in [2.45, 2.75) is 38.5 Å². The van der Waals surface area contributed by atoms with E-state index in [2.05, 4.69) is 10.6 Å². The molecule has 102 valence electrons. The molecule has 0 atom stereocenters. The van der Waals surface area contributed by atoms with Crippen molar-refractivity contribution in [2.24, 2.45) is 11.1 Å². The largest absolute Gasteiger partial charge is 0.392 e. The smallest absolute Gasteiger partial charge is 0.239 e. The first-order chi connectivity index (χ1) is 8.53. The SMILES string of the molecule is CNC(=O)CNC(=O)C1(C(N)=S)CCCCCC1. The number of hydrogen-bond donors (Lipinski definition) is 3. The first kappa shape index (κ1) is 14.9. The molecule has 0 saturated heterocycles. The van der Waals surface area contributed by atoms with Crippen LogP contribution in [-0.4, -0.2) is 30.4 Å². The molecule has 6 heteroatoms. The molecule has 0 aliphatic heterocycles. The molecular formula is C12H21N3O2S. The van der Waals surface area contributed by atoms with Crippen LogP contribution in [0.1, 0.15) is 38.5 Å². The van der Waals surface area contributed by atoms with Crippen LogP contribution >= 0.6 is 12.2 Å². The maximum Gasteiger partial charge on any atom is 0.239 e. The van der Waals surface area contributed by atoms with Gasteiger partial charge in [-0.2, -0.15) is 0 Å². The maximum atomic E-state index is 12.3. The molecule has 1 rings (SSSR count). The van der Waals surface area contributed by atoms with E-state index in [1.807, 2.05) is 0 Å². The fourth-order valence-corrected chi connectivity index (χ4v) is 2.63. The number of hydrogen-bond acceptors (Lipinski definition) is 3. The van der Waals surface area contributed by atoms with Crippen molar-refractivity contribution < 1.29 is 9.59 Å². The van der Waals surface area contributed by atoms with Crippen LogP contribution in [0.3, 0.4) is 0 Å². The van der Waals surface area contributed by atoms with Gasteiger partial charge in [-0.05, 0) is 12.8 Å². The summed E-state index contributed by atoms with van der Waals surface area (Å²) < 4.78 is 0. The minimum atomic E-state index is -0.764. The zero-order valence-electron chi connectivity index (χ0n) is 10.8. The van der Waals surface area contributed by atoms with Crippen molar-refractivity contribution in [1.29, 1.82) is 0 Å². The topological polar surface area (TPSA) is 84.2 Å². The standard InChI is InChI=1S/C12H21N3O2S/c1-14-9(16)8-15-11(17)12(10(13)18)6-4-2-3-5-7-12/h2-8H2,1H3,(H2,13,18)(H,14,16)(H,15,17). The highest BCUT2D eigenvalue weighted by Crippen LogP contribution is 2.35. The van der Waals surface area contributed by atoms with Crippen LogP contribution in [0.5, 0.6) is 0 Å². The van der Waals surface area contributed by atoms with Gasteiger partial charge in [0.25, 0.3) is 0 Å². The fourth-order valence-electron chi connectivity index (χ4n) is 2.34. The Balaban J connectivity index is 2.73. The highest BCUT2D eigenvalue weighted by atomic mass is 32.1. The van der Waals surface area contributed by atoms with E-state index in [4.69, 9.17) is 18.0 Å². The van der Waals surface area contributed by atoms with Crippen LogP contribution in [0.15, 0.2) is 0 Å². The van der Waals surface area contributed by atoms with Crippen LogP contribution < -0.4 is 16.4 Å². The summed E-state index contributed by atoms with van der Waals surface area (Å²) in [6.07, 6.45) is 5.47. The normalized spacial score (nSPS) is 18.5. The van der Waals surface area contributed by atoms with E-state index in [0.29, 0.717) is 12.8 Å². The predicted octanol–water partition coefficient (Wildman–Crippen LogP) is 0.475. The molecule has 0 unspecified atom stereocenters. The van der Waals surface area contributed by atoms with Gasteiger partial charge in [0, 0.05) is 7.05 Å². The third kappa shape index (κ3) is 3.41. The van der Waals surface area contributed by atoms with Crippen molar-refractivity contribution >= 4 is 29.0 Å². The van der Waals surface area contributed by atoms with Crippen molar-refractivity contribution in [3.63, 3.8) is 0 Å². The Kier molecular flexibility index (Phi) is 5.53. The minimum Gasteiger partial charge on any atom is -0.392 e. The van der Waals surface area contributed by atoms with Crippen molar-refractivity contribution in [2.75, 3.05) is 13.6 Å². The average Bonchev–Trinajstić information content (AvgIpc) is 2.61. The van der Waals surface area contributed by atoms with Crippen molar-refractivity contribution in [3.8, 4) is 0 Å². The molecule has 1 aliphatic rings. The molecule has 0 radical (unpaired) electrons. The molecule has 0 aromatic heterocycles. The summed E-state index contributed by atoms with van der Waals surface area (Å²) in [6.45, 7) is -0.0281. The van der Waals surface area contributed by atoms with E-state index in [1.165, 1.54) is 7.05 Å². The molecular weight excluding hydrogens is 250 g/mol. The molecule has 1 aliphatic carbocycles. The number of amides is 2. The van der Waals surface area contributed by atoms with Gasteiger partial charge in [0.15, 0.2) is 0 Å². The Hall–Kier alpha value is -1.17. The summed E-state index contributed by atoms with van der Waals surface area (Å²) in [5.41, 5.74) is 5.02. The number of nitrogens with two attached hydrogens (primary N) is 1. The molecule has 0 heterocycles. The van der Waals surface area contributed by atoms with Gasteiger partial charge in [0.05, 0.1) is 16.9 Å². The van der Waals surface area contributed by atoms with E-state index < -0.39 is 5.41 Å². The van der Waals surface area contributed by atoms with Gasteiger partial charge in [-0.3, -0.25) is 9.59 Å². The number of carbonyl (C=O) groups excluding carboxylic acids is 2. The molecule has 0 bridgehead atoms. The lowest BCUT2D eigenvalue weighted by Crippen LogP contribution is -2.50. The average molecular weight is 271 g/mol.